The maximum atomic E-state index is 13.5. The Morgan fingerprint density at radius 1 is 1.06 bits per heavy atom. The summed E-state index contributed by atoms with van der Waals surface area (Å²) in [5.74, 6) is -0.137. The van der Waals surface area contributed by atoms with Crippen molar-refractivity contribution in [3.05, 3.63) is 70.5 Å². The van der Waals surface area contributed by atoms with Gasteiger partial charge in [-0.05, 0) is 48.6 Å². The van der Waals surface area contributed by atoms with Gasteiger partial charge < -0.3 is 0 Å². The van der Waals surface area contributed by atoms with Crippen LogP contribution in [0.3, 0.4) is 0 Å². The van der Waals surface area contributed by atoms with Gasteiger partial charge in [-0.25, -0.2) is 4.39 Å². The summed E-state index contributed by atoms with van der Waals surface area (Å²) in [6.07, 6.45) is 0.870. The van der Waals surface area contributed by atoms with Crippen molar-refractivity contribution in [2.45, 2.75) is 25.1 Å². The van der Waals surface area contributed by atoms with E-state index in [0.29, 0.717) is 5.56 Å². The molecule has 2 rings (SSSR count). The molecule has 2 aromatic carbocycles. The average Bonchev–Trinajstić information content (AvgIpc) is 2.35. The SMILES string of the molecule is Cc1ccc(C(Br)Cc2ccccc2C)cc1F. The lowest BCUT2D eigenvalue weighted by molar-refractivity contribution is 0.615. The first kappa shape index (κ1) is 13.3. The third-order valence-electron chi connectivity index (χ3n) is 3.22. The van der Waals surface area contributed by atoms with Crippen LogP contribution in [0.2, 0.25) is 0 Å². The van der Waals surface area contributed by atoms with Crippen LogP contribution in [0.4, 0.5) is 4.39 Å². The van der Waals surface area contributed by atoms with E-state index >= 15 is 0 Å². The lowest BCUT2D eigenvalue weighted by Crippen LogP contribution is -1.98. The highest BCUT2D eigenvalue weighted by molar-refractivity contribution is 9.09. The molecule has 1 unspecified atom stereocenters. The van der Waals surface area contributed by atoms with Crippen molar-refractivity contribution < 1.29 is 4.39 Å². The molecule has 0 spiro atoms. The summed E-state index contributed by atoms with van der Waals surface area (Å²) in [6, 6.07) is 13.7. The summed E-state index contributed by atoms with van der Waals surface area (Å²) < 4.78 is 13.5. The van der Waals surface area contributed by atoms with Crippen molar-refractivity contribution in [3.8, 4) is 0 Å². The number of aryl methyl sites for hydroxylation is 2. The van der Waals surface area contributed by atoms with E-state index in [0.717, 1.165) is 12.0 Å². The molecule has 0 aliphatic carbocycles. The van der Waals surface area contributed by atoms with Gasteiger partial charge in [-0.15, -0.1) is 0 Å². The standard InChI is InChI=1S/C16H16BrF/c1-11-5-3-4-6-13(11)9-15(17)14-8-7-12(2)16(18)10-14/h3-8,10,15H,9H2,1-2H3. The third-order valence-corrected chi connectivity index (χ3v) is 4.07. The number of benzene rings is 2. The van der Waals surface area contributed by atoms with Gasteiger partial charge in [0.2, 0.25) is 0 Å². The molecule has 0 N–H and O–H groups in total. The Kier molecular flexibility index (Phi) is 4.18. The van der Waals surface area contributed by atoms with Crippen molar-refractivity contribution in [1.82, 2.24) is 0 Å². The molecule has 2 aromatic rings. The molecule has 0 aliphatic rings. The van der Waals surface area contributed by atoms with Crippen LogP contribution in [0.5, 0.6) is 0 Å². The smallest absolute Gasteiger partial charge is 0.126 e. The summed E-state index contributed by atoms with van der Waals surface area (Å²) in [4.78, 5) is 0.147. The normalized spacial score (nSPS) is 12.4. The molecule has 0 saturated carbocycles. The highest BCUT2D eigenvalue weighted by Crippen LogP contribution is 2.29. The zero-order chi connectivity index (χ0) is 13.1. The first-order chi connectivity index (χ1) is 8.58. The molecule has 18 heavy (non-hydrogen) atoms. The van der Waals surface area contributed by atoms with Crippen LogP contribution in [0.25, 0.3) is 0 Å². The number of hydrogen-bond donors (Lipinski definition) is 0. The fourth-order valence-electron chi connectivity index (χ4n) is 1.95. The lowest BCUT2D eigenvalue weighted by atomic mass is 10.00. The van der Waals surface area contributed by atoms with Crippen LogP contribution in [-0.2, 0) is 6.42 Å². The number of hydrogen-bond acceptors (Lipinski definition) is 0. The number of rotatable bonds is 3. The van der Waals surface area contributed by atoms with E-state index in [1.54, 1.807) is 13.0 Å². The highest BCUT2D eigenvalue weighted by Gasteiger charge is 2.11. The Morgan fingerprint density at radius 2 is 1.78 bits per heavy atom. The molecule has 0 nitrogen and oxygen atoms in total. The van der Waals surface area contributed by atoms with Crippen LogP contribution in [0.1, 0.15) is 27.1 Å². The molecule has 94 valence electrons. The third kappa shape index (κ3) is 2.99. The van der Waals surface area contributed by atoms with Gasteiger partial charge in [0.15, 0.2) is 0 Å². The maximum absolute atomic E-state index is 13.5. The summed E-state index contributed by atoms with van der Waals surface area (Å²) >= 11 is 3.65. The van der Waals surface area contributed by atoms with Gasteiger partial charge in [0.1, 0.15) is 5.82 Å². The summed E-state index contributed by atoms with van der Waals surface area (Å²) in [5, 5.41) is 0. The largest absolute Gasteiger partial charge is 0.207 e. The molecular weight excluding hydrogens is 291 g/mol. The maximum Gasteiger partial charge on any atom is 0.126 e. The minimum atomic E-state index is -0.137. The average molecular weight is 307 g/mol. The van der Waals surface area contributed by atoms with Gasteiger partial charge in [-0.1, -0.05) is 52.3 Å². The molecule has 1 atom stereocenters. The van der Waals surface area contributed by atoms with Crippen LogP contribution in [0.15, 0.2) is 42.5 Å². The molecule has 0 aliphatic heterocycles. The monoisotopic (exact) mass is 306 g/mol. The zero-order valence-corrected chi connectivity index (χ0v) is 12.2. The second-order valence-corrected chi connectivity index (χ2v) is 5.71. The predicted octanol–water partition coefficient (Wildman–Crippen LogP) is 5.12. The number of alkyl halides is 1. The predicted molar refractivity (Wildman–Crippen MR) is 77.7 cm³/mol. The molecule has 0 fully saturated rings. The topological polar surface area (TPSA) is 0 Å². The van der Waals surface area contributed by atoms with E-state index in [9.17, 15) is 4.39 Å². The molecule has 0 heterocycles. The highest BCUT2D eigenvalue weighted by atomic mass is 79.9. The van der Waals surface area contributed by atoms with Gasteiger partial charge in [-0.2, -0.15) is 0 Å². The quantitative estimate of drug-likeness (QED) is 0.690. The molecule has 0 radical (unpaired) electrons. The van der Waals surface area contributed by atoms with Gasteiger partial charge >= 0.3 is 0 Å². The van der Waals surface area contributed by atoms with E-state index in [4.69, 9.17) is 0 Å². The van der Waals surface area contributed by atoms with E-state index < -0.39 is 0 Å². The summed E-state index contributed by atoms with van der Waals surface area (Å²) in [5.41, 5.74) is 4.24. The van der Waals surface area contributed by atoms with E-state index in [-0.39, 0.29) is 10.6 Å². The van der Waals surface area contributed by atoms with Crippen LogP contribution in [-0.4, -0.2) is 0 Å². The molecule has 0 saturated heterocycles. The molecule has 0 amide bonds. The molecule has 0 bridgehead atoms. The minimum Gasteiger partial charge on any atom is -0.207 e. The Labute approximate surface area is 116 Å². The van der Waals surface area contributed by atoms with Crippen molar-refractivity contribution in [1.29, 1.82) is 0 Å². The Hall–Kier alpha value is -1.15. The first-order valence-corrected chi connectivity index (χ1v) is 6.94. The van der Waals surface area contributed by atoms with Crippen LogP contribution in [0, 0.1) is 19.7 Å². The second-order valence-electron chi connectivity index (χ2n) is 4.61. The van der Waals surface area contributed by atoms with E-state index in [2.05, 4.69) is 35.0 Å². The Bertz CT molecular complexity index is 549. The van der Waals surface area contributed by atoms with Gasteiger partial charge in [0.25, 0.3) is 0 Å². The second kappa shape index (κ2) is 5.66. The fraction of sp³-hybridized carbons (Fsp3) is 0.250. The first-order valence-electron chi connectivity index (χ1n) is 6.02. The van der Waals surface area contributed by atoms with Crippen molar-refractivity contribution in [2.75, 3.05) is 0 Å². The fourth-order valence-corrected chi connectivity index (χ4v) is 2.59. The molecular formula is C16H16BrF. The van der Waals surface area contributed by atoms with Crippen LogP contribution >= 0.6 is 15.9 Å². The van der Waals surface area contributed by atoms with Gasteiger partial charge in [-0.3, -0.25) is 0 Å². The minimum absolute atomic E-state index is 0.137. The van der Waals surface area contributed by atoms with Gasteiger partial charge in [0.05, 0.1) is 0 Å². The summed E-state index contributed by atoms with van der Waals surface area (Å²) in [6.45, 7) is 3.88. The lowest BCUT2D eigenvalue weighted by Gasteiger charge is -2.13. The molecule has 0 aromatic heterocycles. The van der Waals surface area contributed by atoms with Crippen molar-refractivity contribution >= 4 is 15.9 Å². The van der Waals surface area contributed by atoms with E-state index in [1.165, 1.54) is 11.1 Å². The molecule has 2 heteroatoms. The van der Waals surface area contributed by atoms with Crippen molar-refractivity contribution in [3.63, 3.8) is 0 Å². The van der Waals surface area contributed by atoms with Crippen LogP contribution < -0.4 is 0 Å². The number of halogens is 2. The zero-order valence-electron chi connectivity index (χ0n) is 10.6. The Morgan fingerprint density at radius 3 is 2.44 bits per heavy atom. The van der Waals surface area contributed by atoms with Gasteiger partial charge in [0, 0.05) is 4.83 Å². The Balaban J connectivity index is 2.19. The van der Waals surface area contributed by atoms with E-state index in [1.807, 2.05) is 24.3 Å². The van der Waals surface area contributed by atoms with Crippen molar-refractivity contribution in [2.24, 2.45) is 0 Å². The summed E-state index contributed by atoms with van der Waals surface area (Å²) in [7, 11) is 0.